The van der Waals surface area contributed by atoms with E-state index in [4.69, 9.17) is 5.11 Å². The van der Waals surface area contributed by atoms with Crippen molar-refractivity contribution in [2.24, 2.45) is 0 Å². The first-order chi connectivity index (χ1) is 3.72. The Morgan fingerprint density at radius 2 is 2.12 bits per heavy atom. The number of halogens is 1. The van der Waals surface area contributed by atoms with Gasteiger partial charge in [-0.15, -0.1) is 0 Å². The lowest BCUT2D eigenvalue weighted by Crippen LogP contribution is -1.97. The quantitative estimate of drug-likeness (QED) is 0.531. The van der Waals surface area contributed by atoms with Gasteiger partial charge in [-0.2, -0.15) is 0 Å². The van der Waals surface area contributed by atoms with Gasteiger partial charge in [0.15, 0.2) is 0 Å². The Hall–Kier alpha value is -0.710. The van der Waals surface area contributed by atoms with E-state index < -0.39 is 0 Å². The van der Waals surface area contributed by atoms with Crippen LogP contribution < -0.4 is 5.56 Å². The van der Waals surface area contributed by atoms with E-state index in [9.17, 15) is 4.79 Å². The van der Waals surface area contributed by atoms with Gasteiger partial charge in [-0.05, 0) is 15.9 Å². The average Bonchev–Trinajstić information content (AvgIpc) is 1.98. The lowest BCUT2D eigenvalue weighted by molar-refractivity contribution is 0.449. The van der Waals surface area contributed by atoms with Crippen molar-refractivity contribution in [3.8, 4) is 5.88 Å². The monoisotopic (exact) mass is 178 g/mol. The van der Waals surface area contributed by atoms with Gasteiger partial charge in [-0.25, -0.2) is 0 Å². The third-order valence-corrected chi connectivity index (χ3v) is 1.44. The van der Waals surface area contributed by atoms with Crippen LogP contribution in [0, 0.1) is 0 Å². The summed E-state index contributed by atoms with van der Waals surface area (Å²) in [5.41, 5.74) is -0.359. The van der Waals surface area contributed by atoms with Crippen molar-refractivity contribution in [3.05, 3.63) is 14.8 Å². The number of aromatic hydroxyl groups is 1. The van der Waals surface area contributed by atoms with Crippen LogP contribution in [0.5, 0.6) is 5.88 Å². The second-order valence-corrected chi connectivity index (χ2v) is 2.03. The summed E-state index contributed by atoms with van der Waals surface area (Å²) in [6.45, 7) is 0. The molecule has 1 heterocycles. The SMILES string of the molecule is O=c1[nH][nH]c(O)c1Br. The molecule has 1 aromatic rings. The highest BCUT2D eigenvalue weighted by atomic mass is 79.9. The first kappa shape index (κ1) is 5.43. The van der Waals surface area contributed by atoms with Crippen LogP contribution in [0.1, 0.15) is 0 Å². The zero-order chi connectivity index (χ0) is 6.15. The molecule has 3 N–H and O–H groups in total. The maximum atomic E-state index is 10.3. The summed E-state index contributed by atoms with van der Waals surface area (Å²) >= 11 is 2.82. The van der Waals surface area contributed by atoms with Gasteiger partial charge in [-0.3, -0.25) is 15.0 Å². The van der Waals surface area contributed by atoms with Crippen molar-refractivity contribution in [1.82, 2.24) is 10.2 Å². The molecule has 0 fully saturated rings. The van der Waals surface area contributed by atoms with Crippen LogP contribution in [0.2, 0.25) is 0 Å². The Morgan fingerprint density at radius 1 is 1.50 bits per heavy atom. The third kappa shape index (κ3) is 0.645. The first-order valence-corrected chi connectivity index (χ1v) is 2.66. The molecule has 0 saturated carbocycles. The second kappa shape index (κ2) is 1.66. The molecule has 0 saturated heterocycles. The summed E-state index contributed by atoms with van der Waals surface area (Å²) in [5, 5.41) is 13.0. The van der Waals surface area contributed by atoms with Gasteiger partial charge in [0.05, 0.1) is 0 Å². The Bertz CT molecular complexity index is 238. The van der Waals surface area contributed by atoms with Crippen LogP contribution in [-0.2, 0) is 0 Å². The van der Waals surface area contributed by atoms with E-state index in [-0.39, 0.29) is 15.9 Å². The van der Waals surface area contributed by atoms with Gasteiger partial charge in [0.25, 0.3) is 5.56 Å². The maximum absolute atomic E-state index is 10.3. The van der Waals surface area contributed by atoms with Crippen molar-refractivity contribution < 1.29 is 5.11 Å². The molecule has 1 rings (SSSR count). The van der Waals surface area contributed by atoms with E-state index in [1.165, 1.54) is 0 Å². The highest BCUT2D eigenvalue weighted by Gasteiger charge is 2.01. The molecule has 0 unspecified atom stereocenters. The summed E-state index contributed by atoms with van der Waals surface area (Å²) in [4.78, 5) is 10.3. The Kier molecular flexibility index (Phi) is 1.13. The topological polar surface area (TPSA) is 68.9 Å². The zero-order valence-electron chi connectivity index (χ0n) is 3.73. The van der Waals surface area contributed by atoms with E-state index in [2.05, 4.69) is 26.1 Å². The van der Waals surface area contributed by atoms with Crippen LogP contribution in [-0.4, -0.2) is 15.3 Å². The van der Waals surface area contributed by atoms with Gasteiger partial charge in [-0.1, -0.05) is 0 Å². The molecule has 0 aromatic carbocycles. The molecule has 0 radical (unpaired) electrons. The van der Waals surface area contributed by atoms with E-state index in [0.29, 0.717) is 0 Å². The zero-order valence-corrected chi connectivity index (χ0v) is 5.32. The average molecular weight is 179 g/mol. The number of H-pyrrole nitrogens is 2. The normalized spacial score (nSPS) is 9.62. The summed E-state index contributed by atoms with van der Waals surface area (Å²) < 4.78 is 0.137. The molecule has 8 heavy (non-hydrogen) atoms. The molecule has 0 spiro atoms. The van der Waals surface area contributed by atoms with E-state index in [1.807, 2.05) is 0 Å². The van der Waals surface area contributed by atoms with Crippen molar-refractivity contribution in [2.75, 3.05) is 0 Å². The smallest absolute Gasteiger partial charge is 0.282 e. The number of hydrogen-bond donors (Lipinski definition) is 3. The number of rotatable bonds is 0. The van der Waals surface area contributed by atoms with Crippen molar-refractivity contribution in [2.45, 2.75) is 0 Å². The lowest BCUT2D eigenvalue weighted by atomic mass is 10.7. The molecule has 4 nitrogen and oxygen atoms in total. The molecule has 1 aromatic heterocycles. The minimum atomic E-state index is -0.359. The third-order valence-electron chi connectivity index (χ3n) is 0.702. The van der Waals surface area contributed by atoms with Gasteiger partial charge >= 0.3 is 0 Å². The largest absolute Gasteiger partial charge is 0.493 e. The molecule has 5 heteroatoms. The fraction of sp³-hybridized carbons (Fsp3) is 0. The highest BCUT2D eigenvalue weighted by Crippen LogP contribution is 2.12. The van der Waals surface area contributed by atoms with E-state index in [0.717, 1.165) is 0 Å². The van der Waals surface area contributed by atoms with Gasteiger partial charge in [0.1, 0.15) is 4.47 Å². The fourth-order valence-electron chi connectivity index (χ4n) is 0.333. The molecule has 0 aliphatic carbocycles. The Labute approximate surface area is 52.7 Å². The first-order valence-electron chi connectivity index (χ1n) is 1.87. The van der Waals surface area contributed by atoms with Crippen molar-refractivity contribution >= 4 is 15.9 Å². The number of hydrogen-bond acceptors (Lipinski definition) is 2. The van der Waals surface area contributed by atoms with Crippen LogP contribution in [0.3, 0.4) is 0 Å². The van der Waals surface area contributed by atoms with Gasteiger partial charge < -0.3 is 5.11 Å². The van der Waals surface area contributed by atoms with Gasteiger partial charge in [0, 0.05) is 0 Å². The van der Waals surface area contributed by atoms with Crippen LogP contribution in [0.4, 0.5) is 0 Å². The highest BCUT2D eigenvalue weighted by molar-refractivity contribution is 9.10. The van der Waals surface area contributed by atoms with E-state index >= 15 is 0 Å². The summed E-state index contributed by atoms with van der Waals surface area (Å²) in [5.74, 6) is -0.171. The standard InChI is InChI=1S/C3H3BrN2O2/c4-1-2(7)5-6-3(1)8/h(H3,5,6,7,8). The number of nitrogens with one attached hydrogen (secondary N) is 2. The van der Waals surface area contributed by atoms with Crippen LogP contribution in [0.25, 0.3) is 0 Å². The molecule has 44 valence electrons. The molecule has 0 atom stereocenters. The van der Waals surface area contributed by atoms with Crippen molar-refractivity contribution in [1.29, 1.82) is 0 Å². The molecule has 0 bridgehead atoms. The maximum Gasteiger partial charge on any atom is 0.282 e. The molecule has 0 aliphatic heterocycles. The number of aromatic amines is 2. The number of aromatic nitrogens is 2. The Balaban J connectivity index is 3.41. The van der Waals surface area contributed by atoms with Crippen molar-refractivity contribution in [3.63, 3.8) is 0 Å². The molecule has 0 aliphatic rings. The predicted octanol–water partition coefficient (Wildman–Crippen LogP) is 0.171. The minimum absolute atomic E-state index is 0.137. The van der Waals surface area contributed by atoms with E-state index in [1.54, 1.807) is 0 Å². The Morgan fingerprint density at radius 3 is 2.25 bits per heavy atom. The summed E-state index contributed by atoms with van der Waals surface area (Å²) in [7, 11) is 0. The lowest BCUT2D eigenvalue weighted by Gasteiger charge is -1.76. The minimum Gasteiger partial charge on any atom is -0.493 e. The molecular formula is C3H3BrN2O2. The van der Waals surface area contributed by atoms with Gasteiger partial charge in [0.2, 0.25) is 5.88 Å². The summed E-state index contributed by atoms with van der Waals surface area (Å²) in [6, 6.07) is 0. The fourth-order valence-corrected chi connectivity index (χ4v) is 0.531. The van der Waals surface area contributed by atoms with Crippen LogP contribution in [0.15, 0.2) is 9.27 Å². The summed E-state index contributed by atoms with van der Waals surface area (Å²) in [6.07, 6.45) is 0. The molecule has 0 amide bonds. The second-order valence-electron chi connectivity index (χ2n) is 1.24. The predicted molar refractivity (Wildman–Crippen MR) is 30.8 cm³/mol. The molecular weight excluding hydrogens is 176 g/mol. The van der Waals surface area contributed by atoms with Crippen LogP contribution >= 0.6 is 15.9 Å².